The zero-order valence-electron chi connectivity index (χ0n) is 7.86. The van der Waals surface area contributed by atoms with Gasteiger partial charge in [0.25, 0.3) is 0 Å². The van der Waals surface area contributed by atoms with E-state index in [-0.39, 0.29) is 11.8 Å². The third-order valence-corrected chi connectivity index (χ3v) is 2.41. The standard InChI is InChI=1S/C10H14N2O2/c11-10-7(2-1-3-9(10)13)8-6-14-5-4-12-8/h1-3,8,12-13H,4-6,11H2. The smallest absolute Gasteiger partial charge is 0.138 e. The van der Waals surface area contributed by atoms with Crippen LogP contribution in [-0.2, 0) is 4.74 Å². The number of hydrogen-bond donors (Lipinski definition) is 3. The van der Waals surface area contributed by atoms with Gasteiger partial charge in [-0.25, -0.2) is 0 Å². The van der Waals surface area contributed by atoms with Crippen LogP contribution in [-0.4, -0.2) is 24.9 Å². The molecule has 14 heavy (non-hydrogen) atoms. The summed E-state index contributed by atoms with van der Waals surface area (Å²) >= 11 is 0. The molecule has 1 aromatic rings. The normalized spacial score (nSPS) is 22.1. The first-order valence-corrected chi connectivity index (χ1v) is 4.67. The fraction of sp³-hybridized carbons (Fsp3) is 0.400. The molecule has 0 saturated carbocycles. The Morgan fingerprint density at radius 1 is 1.50 bits per heavy atom. The van der Waals surface area contributed by atoms with Crippen LogP contribution < -0.4 is 11.1 Å². The number of nitrogens with two attached hydrogens (primary N) is 1. The Bertz CT molecular complexity index is 322. The number of phenols is 1. The number of hydrogen-bond acceptors (Lipinski definition) is 4. The van der Waals surface area contributed by atoms with Crippen molar-refractivity contribution in [2.45, 2.75) is 6.04 Å². The molecule has 4 nitrogen and oxygen atoms in total. The second kappa shape index (κ2) is 3.86. The van der Waals surface area contributed by atoms with Crippen molar-refractivity contribution in [3.05, 3.63) is 23.8 Å². The van der Waals surface area contributed by atoms with Crippen molar-refractivity contribution in [3.8, 4) is 5.75 Å². The number of phenolic OH excluding ortho intramolecular Hbond substituents is 1. The number of benzene rings is 1. The molecule has 0 aliphatic carbocycles. The third kappa shape index (κ3) is 1.66. The molecule has 4 N–H and O–H groups in total. The van der Waals surface area contributed by atoms with Crippen LogP contribution in [0.15, 0.2) is 18.2 Å². The molecule has 1 atom stereocenters. The molecular weight excluding hydrogens is 180 g/mol. The highest BCUT2D eigenvalue weighted by Gasteiger charge is 2.18. The first kappa shape index (κ1) is 9.30. The van der Waals surface area contributed by atoms with E-state index in [1.165, 1.54) is 0 Å². The molecule has 0 radical (unpaired) electrons. The lowest BCUT2D eigenvalue weighted by Crippen LogP contribution is -2.34. The average molecular weight is 194 g/mol. The zero-order chi connectivity index (χ0) is 9.97. The van der Waals surface area contributed by atoms with Crippen molar-refractivity contribution >= 4 is 5.69 Å². The molecule has 1 unspecified atom stereocenters. The molecule has 0 amide bonds. The van der Waals surface area contributed by atoms with E-state index in [2.05, 4.69) is 5.32 Å². The molecule has 1 fully saturated rings. The van der Waals surface area contributed by atoms with Crippen molar-refractivity contribution in [2.75, 3.05) is 25.5 Å². The Morgan fingerprint density at radius 3 is 3.07 bits per heavy atom. The Kier molecular flexibility index (Phi) is 2.56. The number of morpholine rings is 1. The summed E-state index contributed by atoms with van der Waals surface area (Å²) in [5.74, 6) is 0.134. The van der Waals surface area contributed by atoms with Gasteiger partial charge in [-0.05, 0) is 11.6 Å². The topological polar surface area (TPSA) is 67.5 Å². The summed E-state index contributed by atoms with van der Waals surface area (Å²) in [6.45, 7) is 2.16. The fourth-order valence-corrected chi connectivity index (χ4v) is 1.64. The minimum Gasteiger partial charge on any atom is -0.506 e. The van der Waals surface area contributed by atoms with Gasteiger partial charge < -0.3 is 20.9 Å². The molecule has 0 spiro atoms. The number of nitrogen functional groups attached to an aromatic ring is 1. The molecule has 1 aliphatic heterocycles. The Morgan fingerprint density at radius 2 is 2.36 bits per heavy atom. The number of anilines is 1. The molecule has 0 bridgehead atoms. The predicted octanol–water partition coefficient (Wildman–Crippen LogP) is 0.635. The summed E-state index contributed by atoms with van der Waals surface area (Å²) in [6, 6.07) is 5.37. The van der Waals surface area contributed by atoms with E-state index >= 15 is 0 Å². The Hall–Kier alpha value is -1.26. The van der Waals surface area contributed by atoms with E-state index in [1.54, 1.807) is 12.1 Å². The second-order valence-electron chi connectivity index (χ2n) is 3.36. The summed E-state index contributed by atoms with van der Waals surface area (Å²) in [5.41, 5.74) is 7.12. The zero-order valence-corrected chi connectivity index (χ0v) is 7.86. The summed E-state index contributed by atoms with van der Waals surface area (Å²) < 4.78 is 5.33. The molecule has 1 heterocycles. The molecular formula is C10H14N2O2. The Labute approximate surface area is 82.7 Å². The highest BCUT2D eigenvalue weighted by atomic mass is 16.5. The maximum absolute atomic E-state index is 9.44. The van der Waals surface area contributed by atoms with Crippen LogP contribution >= 0.6 is 0 Å². The molecule has 76 valence electrons. The monoisotopic (exact) mass is 194 g/mol. The first-order valence-electron chi connectivity index (χ1n) is 4.67. The van der Waals surface area contributed by atoms with Gasteiger partial charge in [0.15, 0.2) is 0 Å². The minimum atomic E-state index is 0.0934. The van der Waals surface area contributed by atoms with Gasteiger partial charge in [-0.3, -0.25) is 0 Å². The summed E-state index contributed by atoms with van der Waals surface area (Å²) in [7, 11) is 0. The largest absolute Gasteiger partial charge is 0.506 e. The molecule has 2 rings (SSSR count). The van der Waals surface area contributed by atoms with Crippen LogP contribution in [0.2, 0.25) is 0 Å². The van der Waals surface area contributed by atoms with Crippen LogP contribution in [0.5, 0.6) is 5.75 Å². The van der Waals surface area contributed by atoms with Crippen molar-refractivity contribution < 1.29 is 9.84 Å². The molecule has 1 saturated heterocycles. The average Bonchev–Trinajstić information content (AvgIpc) is 2.23. The van der Waals surface area contributed by atoms with E-state index in [0.29, 0.717) is 12.3 Å². The van der Waals surface area contributed by atoms with E-state index in [1.807, 2.05) is 6.07 Å². The molecule has 1 aliphatic rings. The van der Waals surface area contributed by atoms with Crippen LogP contribution in [0, 0.1) is 0 Å². The summed E-state index contributed by atoms with van der Waals surface area (Å²) in [6.07, 6.45) is 0. The van der Waals surface area contributed by atoms with Crippen molar-refractivity contribution in [1.29, 1.82) is 0 Å². The van der Waals surface area contributed by atoms with Crippen molar-refractivity contribution in [3.63, 3.8) is 0 Å². The van der Waals surface area contributed by atoms with Gasteiger partial charge in [-0.1, -0.05) is 12.1 Å². The maximum Gasteiger partial charge on any atom is 0.138 e. The quantitative estimate of drug-likeness (QED) is 0.453. The fourth-order valence-electron chi connectivity index (χ4n) is 1.64. The van der Waals surface area contributed by atoms with E-state index < -0.39 is 0 Å². The number of nitrogens with one attached hydrogen (secondary N) is 1. The SMILES string of the molecule is Nc1c(O)cccc1C1COCCN1. The van der Waals surface area contributed by atoms with Gasteiger partial charge >= 0.3 is 0 Å². The lowest BCUT2D eigenvalue weighted by Gasteiger charge is -2.25. The van der Waals surface area contributed by atoms with Gasteiger partial charge in [0.2, 0.25) is 0 Å². The van der Waals surface area contributed by atoms with E-state index in [0.717, 1.165) is 18.7 Å². The Balaban J connectivity index is 2.26. The van der Waals surface area contributed by atoms with Gasteiger partial charge in [-0.15, -0.1) is 0 Å². The molecule has 0 aromatic heterocycles. The maximum atomic E-state index is 9.44. The molecule has 1 aromatic carbocycles. The van der Waals surface area contributed by atoms with Crippen molar-refractivity contribution in [2.24, 2.45) is 0 Å². The number of para-hydroxylation sites is 1. The molecule has 4 heteroatoms. The van der Waals surface area contributed by atoms with Crippen LogP contribution in [0.4, 0.5) is 5.69 Å². The lowest BCUT2D eigenvalue weighted by atomic mass is 10.0. The van der Waals surface area contributed by atoms with Crippen LogP contribution in [0.25, 0.3) is 0 Å². The van der Waals surface area contributed by atoms with Crippen LogP contribution in [0.3, 0.4) is 0 Å². The van der Waals surface area contributed by atoms with Crippen LogP contribution in [0.1, 0.15) is 11.6 Å². The van der Waals surface area contributed by atoms with Gasteiger partial charge in [-0.2, -0.15) is 0 Å². The number of ether oxygens (including phenoxy) is 1. The van der Waals surface area contributed by atoms with E-state index in [9.17, 15) is 5.11 Å². The summed E-state index contributed by atoms with van der Waals surface area (Å²) in [4.78, 5) is 0. The number of rotatable bonds is 1. The van der Waals surface area contributed by atoms with Gasteiger partial charge in [0.1, 0.15) is 5.75 Å². The first-order chi connectivity index (χ1) is 6.79. The van der Waals surface area contributed by atoms with Gasteiger partial charge in [0, 0.05) is 6.54 Å². The highest BCUT2D eigenvalue weighted by Crippen LogP contribution is 2.29. The summed E-state index contributed by atoms with van der Waals surface area (Å²) in [5, 5.41) is 12.7. The van der Waals surface area contributed by atoms with E-state index in [4.69, 9.17) is 10.5 Å². The predicted molar refractivity (Wildman–Crippen MR) is 54.1 cm³/mol. The number of aromatic hydroxyl groups is 1. The lowest BCUT2D eigenvalue weighted by molar-refractivity contribution is 0.0770. The second-order valence-corrected chi connectivity index (χ2v) is 3.36. The highest BCUT2D eigenvalue weighted by molar-refractivity contribution is 5.58. The third-order valence-electron chi connectivity index (χ3n) is 2.41. The van der Waals surface area contributed by atoms with Gasteiger partial charge in [0.05, 0.1) is 24.9 Å². The minimum absolute atomic E-state index is 0.0934. The van der Waals surface area contributed by atoms with Crippen molar-refractivity contribution in [1.82, 2.24) is 5.32 Å².